The number of hydrogen-bond acceptors (Lipinski definition) is 1. The topological polar surface area (TPSA) is 23.8 Å². The first kappa shape index (κ1) is 14.2. The molecule has 0 aliphatic carbocycles. The molecule has 1 rings (SSSR count). The Balaban J connectivity index is 0. The molecule has 2 heteroatoms. The second-order valence-electron chi connectivity index (χ2n) is 1.62. The minimum absolute atomic E-state index is 0.356. The molecule has 0 spiro atoms. The third-order valence-electron chi connectivity index (χ3n) is 0.954. The predicted octanol–water partition coefficient (Wildman–Crippen LogP) is 3.75. The van der Waals surface area contributed by atoms with Crippen LogP contribution in [0.25, 0.3) is 0 Å². The van der Waals surface area contributed by atoms with Gasteiger partial charge < -0.3 is 0 Å². The first-order valence-corrected chi connectivity index (χ1v) is 4.48. The quantitative estimate of drug-likeness (QED) is 0.598. The summed E-state index contributed by atoms with van der Waals surface area (Å²) in [5.74, 6) is -0.367. The van der Waals surface area contributed by atoms with Crippen LogP contribution < -0.4 is 0 Å². The van der Waals surface area contributed by atoms with E-state index in [1.165, 1.54) is 18.2 Å². The maximum absolute atomic E-state index is 12.2. The molecule has 0 aromatic heterocycles. The van der Waals surface area contributed by atoms with E-state index < -0.39 is 0 Å². The number of nitriles is 1. The zero-order chi connectivity index (χ0) is 10.7. The molecule has 0 aliphatic heterocycles. The number of rotatable bonds is 0. The van der Waals surface area contributed by atoms with Crippen LogP contribution in [0, 0.1) is 17.1 Å². The smallest absolute Gasteiger partial charge is 0.124 e. The Morgan fingerprint density at radius 2 is 1.69 bits per heavy atom. The minimum atomic E-state index is -0.367. The van der Waals surface area contributed by atoms with E-state index in [2.05, 4.69) is 0 Å². The largest absolute Gasteiger partial charge is 0.207 e. The van der Waals surface area contributed by atoms with E-state index in [9.17, 15) is 4.39 Å². The first-order chi connectivity index (χ1) is 6.33. The van der Waals surface area contributed by atoms with Gasteiger partial charge in [-0.1, -0.05) is 33.8 Å². The maximum Gasteiger partial charge on any atom is 0.124 e. The highest BCUT2D eigenvalue weighted by molar-refractivity contribution is 5.28. The van der Waals surface area contributed by atoms with Gasteiger partial charge in [-0.2, -0.15) is 5.26 Å². The van der Waals surface area contributed by atoms with Crippen LogP contribution in [0.1, 0.15) is 33.3 Å². The Labute approximate surface area is 79.8 Å². The van der Waals surface area contributed by atoms with Crippen molar-refractivity contribution in [2.75, 3.05) is 0 Å². The minimum Gasteiger partial charge on any atom is -0.207 e. The van der Waals surface area contributed by atoms with Crippen LogP contribution in [0.2, 0.25) is 0 Å². The summed E-state index contributed by atoms with van der Waals surface area (Å²) in [6, 6.07) is 7.40. The monoisotopic (exact) mass is 181 g/mol. The SMILES string of the molecule is CC.CC.N#Cc1cccc(F)c1. The van der Waals surface area contributed by atoms with Gasteiger partial charge in [0.1, 0.15) is 5.82 Å². The van der Waals surface area contributed by atoms with Crippen LogP contribution in [0.3, 0.4) is 0 Å². The van der Waals surface area contributed by atoms with Gasteiger partial charge in [-0.3, -0.25) is 0 Å². The van der Waals surface area contributed by atoms with E-state index in [0.717, 1.165) is 0 Å². The van der Waals surface area contributed by atoms with Crippen LogP contribution >= 0.6 is 0 Å². The van der Waals surface area contributed by atoms with Crippen LogP contribution in [0.15, 0.2) is 24.3 Å². The van der Waals surface area contributed by atoms with Gasteiger partial charge in [-0.15, -0.1) is 0 Å². The molecule has 1 nitrogen and oxygen atoms in total. The Kier molecular flexibility index (Phi) is 11.6. The Bertz CT molecular complexity index is 251. The zero-order valence-corrected chi connectivity index (χ0v) is 8.63. The molecule has 0 saturated heterocycles. The molecule has 0 saturated carbocycles. The van der Waals surface area contributed by atoms with E-state index in [1.807, 2.05) is 33.8 Å². The van der Waals surface area contributed by atoms with Crippen LogP contribution in [-0.2, 0) is 0 Å². The van der Waals surface area contributed by atoms with Crippen molar-refractivity contribution in [3.8, 4) is 6.07 Å². The highest BCUT2D eigenvalue weighted by Gasteiger charge is 1.89. The fraction of sp³-hybridized carbons (Fsp3) is 0.364. The molecule has 0 heterocycles. The van der Waals surface area contributed by atoms with Gasteiger partial charge in [0.15, 0.2) is 0 Å². The normalized spacial score (nSPS) is 6.77. The number of nitrogens with zero attached hydrogens (tertiary/aromatic N) is 1. The summed E-state index contributed by atoms with van der Waals surface area (Å²) in [7, 11) is 0. The third kappa shape index (κ3) is 7.02. The van der Waals surface area contributed by atoms with Gasteiger partial charge in [-0.25, -0.2) is 4.39 Å². The molecule has 1 aromatic rings. The van der Waals surface area contributed by atoms with Crippen molar-refractivity contribution in [1.82, 2.24) is 0 Å². The maximum atomic E-state index is 12.2. The lowest BCUT2D eigenvalue weighted by Gasteiger charge is -1.85. The molecule has 0 aliphatic rings. The van der Waals surface area contributed by atoms with E-state index in [1.54, 1.807) is 6.07 Å². The van der Waals surface area contributed by atoms with E-state index in [-0.39, 0.29) is 5.82 Å². The Morgan fingerprint density at radius 1 is 1.15 bits per heavy atom. The third-order valence-corrected chi connectivity index (χ3v) is 0.954. The van der Waals surface area contributed by atoms with Gasteiger partial charge in [-0.05, 0) is 18.2 Å². The summed E-state index contributed by atoms with van der Waals surface area (Å²) >= 11 is 0. The molecule has 0 unspecified atom stereocenters. The molecule has 72 valence electrons. The van der Waals surface area contributed by atoms with Crippen molar-refractivity contribution in [2.45, 2.75) is 27.7 Å². The lowest BCUT2D eigenvalue weighted by atomic mass is 10.2. The summed E-state index contributed by atoms with van der Waals surface area (Å²) in [5.41, 5.74) is 0.356. The molecular weight excluding hydrogens is 165 g/mol. The van der Waals surface area contributed by atoms with Crippen molar-refractivity contribution >= 4 is 0 Å². The van der Waals surface area contributed by atoms with Crippen molar-refractivity contribution in [3.63, 3.8) is 0 Å². The predicted molar refractivity (Wildman–Crippen MR) is 53.8 cm³/mol. The van der Waals surface area contributed by atoms with Crippen molar-refractivity contribution in [2.24, 2.45) is 0 Å². The van der Waals surface area contributed by atoms with Gasteiger partial charge in [0.05, 0.1) is 11.6 Å². The van der Waals surface area contributed by atoms with E-state index >= 15 is 0 Å². The molecule has 13 heavy (non-hydrogen) atoms. The molecule has 0 bridgehead atoms. The summed E-state index contributed by atoms with van der Waals surface area (Å²) in [6.45, 7) is 8.00. The molecule has 0 fully saturated rings. The van der Waals surface area contributed by atoms with Crippen molar-refractivity contribution < 1.29 is 4.39 Å². The molecule has 1 aromatic carbocycles. The van der Waals surface area contributed by atoms with Crippen LogP contribution in [0.4, 0.5) is 4.39 Å². The summed E-state index contributed by atoms with van der Waals surface area (Å²) in [4.78, 5) is 0. The molecule has 0 radical (unpaired) electrons. The first-order valence-electron chi connectivity index (χ1n) is 4.48. The lowest BCUT2D eigenvalue weighted by molar-refractivity contribution is 0.627. The van der Waals surface area contributed by atoms with Crippen LogP contribution in [-0.4, -0.2) is 0 Å². The number of halogens is 1. The highest BCUT2D eigenvalue weighted by atomic mass is 19.1. The lowest BCUT2D eigenvalue weighted by Crippen LogP contribution is -1.74. The average Bonchev–Trinajstić information content (AvgIpc) is 2.24. The average molecular weight is 181 g/mol. The van der Waals surface area contributed by atoms with Gasteiger partial charge in [0.2, 0.25) is 0 Å². The summed E-state index contributed by atoms with van der Waals surface area (Å²) in [6.07, 6.45) is 0. The fourth-order valence-corrected chi connectivity index (χ4v) is 0.558. The van der Waals surface area contributed by atoms with Crippen molar-refractivity contribution in [1.29, 1.82) is 5.26 Å². The molecule has 0 amide bonds. The number of benzene rings is 1. The molecule has 0 N–H and O–H groups in total. The highest BCUT2D eigenvalue weighted by Crippen LogP contribution is 2.00. The standard InChI is InChI=1S/C7H4FN.2C2H6/c8-7-3-1-2-6(4-7)5-9;2*1-2/h1-4H;2*1-2H3. The van der Waals surface area contributed by atoms with Gasteiger partial charge in [0.25, 0.3) is 0 Å². The summed E-state index contributed by atoms with van der Waals surface area (Å²) in [5, 5.41) is 8.25. The molecule has 0 atom stereocenters. The summed E-state index contributed by atoms with van der Waals surface area (Å²) < 4.78 is 12.2. The van der Waals surface area contributed by atoms with Gasteiger partial charge in [0, 0.05) is 0 Å². The Morgan fingerprint density at radius 3 is 2.00 bits per heavy atom. The second kappa shape index (κ2) is 10.6. The zero-order valence-electron chi connectivity index (χ0n) is 8.63. The van der Waals surface area contributed by atoms with E-state index in [0.29, 0.717) is 5.56 Å². The fourth-order valence-electron chi connectivity index (χ4n) is 0.558. The Hall–Kier alpha value is -1.36. The van der Waals surface area contributed by atoms with Crippen LogP contribution in [0.5, 0.6) is 0 Å². The van der Waals surface area contributed by atoms with E-state index in [4.69, 9.17) is 5.26 Å². The molecular formula is C11H16FN. The second-order valence-corrected chi connectivity index (χ2v) is 1.62. The number of hydrogen-bond donors (Lipinski definition) is 0. The van der Waals surface area contributed by atoms with Gasteiger partial charge >= 0.3 is 0 Å². The van der Waals surface area contributed by atoms with Crippen molar-refractivity contribution in [3.05, 3.63) is 35.6 Å².